The first kappa shape index (κ1) is 23.3. The molecule has 0 saturated heterocycles. The highest BCUT2D eigenvalue weighted by Crippen LogP contribution is 2.55. The lowest BCUT2D eigenvalue weighted by molar-refractivity contribution is -0.354. The van der Waals surface area contributed by atoms with Crippen molar-refractivity contribution in [2.24, 2.45) is 11.8 Å². The van der Waals surface area contributed by atoms with Crippen LogP contribution < -0.4 is 0 Å². The van der Waals surface area contributed by atoms with E-state index in [9.17, 15) is 57.3 Å². The summed E-state index contributed by atoms with van der Waals surface area (Å²) in [5.74, 6) is -10.9. The fourth-order valence-electron chi connectivity index (χ4n) is 1.59. The summed E-state index contributed by atoms with van der Waals surface area (Å²) < 4.78 is 162. The molecular formula is C7H5F12O4P. The summed E-state index contributed by atoms with van der Waals surface area (Å²) in [5, 5.41) is 0. The molecule has 24 heavy (non-hydrogen) atoms. The molecule has 0 fully saturated rings. The van der Waals surface area contributed by atoms with Crippen molar-refractivity contribution in [2.75, 3.05) is 0 Å². The highest BCUT2D eigenvalue weighted by Gasteiger charge is 2.71. The fourth-order valence-corrected chi connectivity index (χ4v) is 2.15. The molecule has 0 aromatic heterocycles. The van der Waals surface area contributed by atoms with Crippen LogP contribution in [0.5, 0.6) is 0 Å². The molecule has 0 aromatic carbocycles. The second kappa shape index (κ2) is 6.53. The molecule has 0 rings (SSSR count). The SMILES string of the molecule is O=P(O)(O)OC(C(C(F)(F)F)C(F)(F)F)C(C(F)(F)F)C(F)(F)F. The van der Waals surface area contributed by atoms with Crippen molar-refractivity contribution in [3.05, 3.63) is 0 Å². The predicted octanol–water partition coefficient (Wildman–Crippen LogP) is 3.95. The molecule has 0 amide bonds. The van der Waals surface area contributed by atoms with Crippen LogP contribution in [0.25, 0.3) is 0 Å². The van der Waals surface area contributed by atoms with Crippen molar-refractivity contribution < 1.29 is 71.6 Å². The molecule has 0 atom stereocenters. The van der Waals surface area contributed by atoms with Crippen LogP contribution in [0.4, 0.5) is 52.7 Å². The van der Waals surface area contributed by atoms with Crippen LogP contribution in [-0.4, -0.2) is 40.6 Å². The maximum atomic E-state index is 12.4. The zero-order valence-electron chi connectivity index (χ0n) is 10.4. The zero-order valence-corrected chi connectivity index (χ0v) is 11.3. The van der Waals surface area contributed by atoms with Gasteiger partial charge in [0.1, 0.15) is 6.10 Å². The maximum Gasteiger partial charge on any atom is 0.469 e. The Balaban J connectivity index is 6.50. The molecular weight excluding hydrogens is 407 g/mol. The third-order valence-corrected chi connectivity index (χ3v) is 2.84. The van der Waals surface area contributed by atoms with Gasteiger partial charge in [-0.2, -0.15) is 52.7 Å². The van der Waals surface area contributed by atoms with Crippen LogP contribution in [-0.2, 0) is 9.09 Å². The van der Waals surface area contributed by atoms with E-state index < -0.39 is 50.5 Å². The highest BCUT2D eigenvalue weighted by molar-refractivity contribution is 7.46. The second-order valence-electron chi connectivity index (χ2n) is 4.18. The van der Waals surface area contributed by atoms with Gasteiger partial charge in [0.25, 0.3) is 0 Å². The third-order valence-electron chi connectivity index (χ3n) is 2.33. The summed E-state index contributed by atoms with van der Waals surface area (Å²) in [5.41, 5.74) is 0. The minimum absolute atomic E-state index is 2.65. The van der Waals surface area contributed by atoms with Gasteiger partial charge in [0.2, 0.25) is 0 Å². The number of rotatable bonds is 4. The van der Waals surface area contributed by atoms with E-state index in [4.69, 9.17) is 9.79 Å². The monoisotopic (exact) mass is 412 g/mol. The number of halogens is 12. The Morgan fingerprint density at radius 3 is 0.958 bits per heavy atom. The van der Waals surface area contributed by atoms with Crippen molar-refractivity contribution in [3.63, 3.8) is 0 Å². The number of alkyl halides is 12. The predicted molar refractivity (Wildman–Crippen MR) is 48.1 cm³/mol. The first-order valence-corrected chi connectivity index (χ1v) is 6.62. The molecule has 0 saturated carbocycles. The second-order valence-corrected chi connectivity index (χ2v) is 5.37. The van der Waals surface area contributed by atoms with E-state index in [1.54, 1.807) is 0 Å². The molecule has 2 N–H and O–H groups in total. The topological polar surface area (TPSA) is 66.8 Å². The van der Waals surface area contributed by atoms with Crippen LogP contribution in [0.15, 0.2) is 0 Å². The standard InChI is InChI=1S/C7H5F12O4P/c8-4(9,10)2(5(11,12)13)1(23-24(20,21)22)3(6(14,15)16)7(17,18)19/h1-3H,(H2,20,21,22). The summed E-state index contributed by atoms with van der Waals surface area (Å²) in [6.45, 7) is 0. The molecule has 0 heterocycles. The van der Waals surface area contributed by atoms with Crippen LogP contribution in [0.2, 0.25) is 0 Å². The molecule has 17 heteroatoms. The van der Waals surface area contributed by atoms with Gasteiger partial charge in [0, 0.05) is 0 Å². The Morgan fingerprint density at radius 1 is 0.625 bits per heavy atom. The van der Waals surface area contributed by atoms with E-state index in [0.717, 1.165) is 0 Å². The van der Waals surface area contributed by atoms with Gasteiger partial charge in [0.15, 0.2) is 11.8 Å². The summed E-state index contributed by atoms with van der Waals surface area (Å²) in [6.07, 6.45) is -32.2. The van der Waals surface area contributed by atoms with E-state index in [-0.39, 0.29) is 0 Å². The van der Waals surface area contributed by atoms with Gasteiger partial charge in [-0.25, -0.2) is 4.57 Å². The van der Waals surface area contributed by atoms with Crippen molar-refractivity contribution in [2.45, 2.75) is 30.8 Å². The molecule has 146 valence electrons. The molecule has 0 bridgehead atoms. The Morgan fingerprint density at radius 2 is 0.833 bits per heavy atom. The zero-order chi connectivity index (χ0) is 19.9. The van der Waals surface area contributed by atoms with Crippen molar-refractivity contribution in [1.82, 2.24) is 0 Å². The van der Waals surface area contributed by atoms with Gasteiger partial charge in [-0.1, -0.05) is 0 Å². The van der Waals surface area contributed by atoms with E-state index in [1.807, 2.05) is 0 Å². The summed E-state index contributed by atoms with van der Waals surface area (Å²) in [4.78, 5) is 16.3. The molecule has 0 aromatic rings. The van der Waals surface area contributed by atoms with Gasteiger partial charge >= 0.3 is 32.5 Å². The van der Waals surface area contributed by atoms with Crippen molar-refractivity contribution >= 4 is 7.82 Å². The molecule has 0 aliphatic carbocycles. The van der Waals surface area contributed by atoms with E-state index in [0.29, 0.717) is 0 Å². The number of hydrogen-bond donors (Lipinski definition) is 2. The van der Waals surface area contributed by atoms with Gasteiger partial charge in [-0.3, -0.25) is 4.52 Å². The molecule has 0 radical (unpaired) electrons. The van der Waals surface area contributed by atoms with Gasteiger partial charge < -0.3 is 9.79 Å². The van der Waals surface area contributed by atoms with Crippen LogP contribution in [0.1, 0.15) is 0 Å². The van der Waals surface area contributed by atoms with Crippen molar-refractivity contribution in [1.29, 1.82) is 0 Å². The Hall–Kier alpha value is -0.730. The minimum Gasteiger partial charge on any atom is -0.303 e. The van der Waals surface area contributed by atoms with Gasteiger partial charge in [-0.05, 0) is 0 Å². The minimum atomic E-state index is -6.78. The Bertz CT molecular complexity index is 410. The van der Waals surface area contributed by atoms with Crippen molar-refractivity contribution in [3.8, 4) is 0 Å². The Labute approximate surface area is 123 Å². The molecule has 4 nitrogen and oxygen atoms in total. The van der Waals surface area contributed by atoms with E-state index >= 15 is 0 Å². The van der Waals surface area contributed by atoms with Crippen LogP contribution in [0, 0.1) is 11.8 Å². The molecule has 0 unspecified atom stereocenters. The largest absolute Gasteiger partial charge is 0.469 e. The first-order chi connectivity index (χ1) is 10.1. The third kappa shape index (κ3) is 6.64. The number of phosphoric ester groups is 1. The molecule has 0 spiro atoms. The summed E-state index contributed by atoms with van der Waals surface area (Å²) in [6, 6.07) is 0. The lowest BCUT2D eigenvalue weighted by atomic mass is 9.88. The van der Waals surface area contributed by atoms with E-state index in [2.05, 4.69) is 4.52 Å². The number of hydrogen-bond acceptors (Lipinski definition) is 2. The smallest absolute Gasteiger partial charge is 0.303 e. The lowest BCUT2D eigenvalue weighted by Crippen LogP contribution is -2.56. The number of phosphoric acid groups is 1. The van der Waals surface area contributed by atoms with Crippen LogP contribution >= 0.6 is 7.82 Å². The van der Waals surface area contributed by atoms with E-state index in [1.165, 1.54) is 0 Å². The molecule has 0 aliphatic heterocycles. The van der Waals surface area contributed by atoms with Crippen LogP contribution in [0.3, 0.4) is 0 Å². The normalized spacial score (nSPS) is 15.7. The lowest BCUT2D eigenvalue weighted by Gasteiger charge is -2.36. The quantitative estimate of drug-likeness (QED) is 0.543. The average Bonchev–Trinajstić information content (AvgIpc) is 2.01. The highest BCUT2D eigenvalue weighted by atomic mass is 31.2. The van der Waals surface area contributed by atoms with Gasteiger partial charge in [-0.15, -0.1) is 0 Å². The van der Waals surface area contributed by atoms with Gasteiger partial charge in [0.05, 0.1) is 0 Å². The summed E-state index contributed by atoms with van der Waals surface area (Å²) >= 11 is 0. The summed E-state index contributed by atoms with van der Waals surface area (Å²) in [7, 11) is -6.61. The fraction of sp³-hybridized carbons (Fsp3) is 1.00. The molecule has 0 aliphatic rings. The maximum absolute atomic E-state index is 12.4. The Kier molecular flexibility index (Phi) is 6.33. The average molecular weight is 412 g/mol. The first-order valence-electron chi connectivity index (χ1n) is 5.09.